The molecule has 1 aromatic rings. The van der Waals surface area contributed by atoms with E-state index in [4.69, 9.17) is 28.4 Å². The highest BCUT2D eigenvalue weighted by atomic mass is 32.2. The number of hydrogen-bond donors (Lipinski definition) is 0. The predicted molar refractivity (Wildman–Crippen MR) is 352 cm³/mol. The van der Waals surface area contributed by atoms with Crippen LogP contribution in [0.25, 0.3) is 0 Å². The third-order valence-electron chi connectivity index (χ3n) is 11.7. The molecule has 0 amide bonds. The van der Waals surface area contributed by atoms with Crippen LogP contribution in [0, 0.1) is 40.9 Å². The zero-order chi connectivity index (χ0) is 63.8. The van der Waals surface area contributed by atoms with Crippen molar-refractivity contribution in [1.29, 1.82) is 0 Å². The molecular formula is C60H107N3O15S6. The summed E-state index contributed by atoms with van der Waals surface area (Å²) < 4.78 is 35.2. The second kappa shape index (κ2) is 47.3. The SMILES string of the molecule is CC(C)CSCCC(=O)OCCn1c(=O)n(CCOC(=O)CCSCC(C)C)c(=O)n(CCOC(=O)CCSCC(C)C)c1=O.CCC(COC(=O)CC(C)SCC(C)C)(COC(=O)CC(C)SCC(C)C)COC(=O)CC(C)SCC(C)C. The molecule has 84 heavy (non-hydrogen) atoms. The second-order valence-electron chi connectivity index (χ2n) is 23.7. The summed E-state index contributed by atoms with van der Waals surface area (Å²) in [7, 11) is 0. The highest BCUT2D eigenvalue weighted by Crippen LogP contribution is 2.28. The summed E-state index contributed by atoms with van der Waals surface area (Å²) in [6.45, 7) is 32.1. The maximum absolute atomic E-state index is 13.2. The van der Waals surface area contributed by atoms with Gasteiger partial charge in [-0.25, -0.2) is 28.1 Å². The minimum absolute atomic E-state index is 0.0414. The van der Waals surface area contributed by atoms with E-state index in [2.05, 4.69) is 83.1 Å². The van der Waals surface area contributed by atoms with Crippen molar-refractivity contribution < 1.29 is 57.2 Å². The molecule has 3 atom stereocenters. The Kier molecular flexibility index (Phi) is 45.8. The maximum Gasteiger partial charge on any atom is 0.336 e. The molecule has 0 aliphatic carbocycles. The van der Waals surface area contributed by atoms with E-state index in [-0.39, 0.29) is 112 Å². The number of esters is 6. The number of aromatic nitrogens is 3. The molecule has 0 aromatic carbocycles. The van der Waals surface area contributed by atoms with Gasteiger partial charge in [-0.3, -0.25) is 28.8 Å². The summed E-state index contributed by atoms with van der Waals surface area (Å²) in [5, 5.41) is 0.462. The van der Waals surface area contributed by atoms with Gasteiger partial charge < -0.3 is 28.4 Å². The number of carbonyl (C=O) groups is 6. The smallest absolute Gasteiger partial charge is 0.336 e. The Morgan fingerprint density at radius 2 is 0.607 bits per heavy atom. The van der Waals surface area contributed by atoms with Gasteiger partial charge in [0.25, 0.3) is 0 Å². The van der Waals surface area contributed by atoms with Gasteiger partial charge in [0.1, 0.15) is 39.6 Å². The molecule has 1 heterocycles. The van der Waals surface area contributed by atoms with E-state index in [1.165, 1.54) is 0 Å². The maximum atomic E-state index is 13.2. The normalized spacial score (nSPS) is 13.4. The van der Waals surface area contributed by atoms with E-state index in [0.717, 1.165) is 48.2 Å². The van der Waals surface area contributed by atoms with Gasteiger partial charge in [0, 0.05) is 33.0 Å². The Labute approximate surface area is 528 Å². The monoisotopic (exact) mass is 1300 g/mol. The van der Waals surface area contributed by atoms with Gasteiger partial charge in [-0.1, -0.05) is 111 Å². The molecule has 0 N–H and O–H groups in total. The molecule has 3 unspecified atom stereocenters. The fraction of sp³-hybridized carbons (Fsp3) is 0.850. The van der Waals surface area contributed by atoms with Crippen LogP contribution in [0.1, 0.15) is 156 Å². The molecule has 0 fully saturated rings. The Morgan fingerprint density at radius 1 is 0.369 bits per heavy atom. The molecule has 24 heteroatoms. The van der Waals surface area contributed by atoms with Crippen LogP contribution < -0.4 is 17.1 Å². The van der Waals surface area contributed by atoms with Crippen LogP contribution in [0.5, 0.6) is 0 Å². The van der Waals surface area contributed by atoms with Crippen LogP contribution in [-0.4, -0.2) is 157 Å². The lowest BCUT2D eigenvalue weighted by atomic mass is 9.88. The molecule has 18 nitrogen and oxygen atoms in total. The van der Waals surface area contributed by atoms with Gasteiger partial charge in [0.15, 0.2) is 0 Å². The van der Waals surface area contributed by atoms with Crippen LogP contribution in [0.3, 0.4) is 0 Å². The lowest BCUT2D eigenvalue weighted by Crippen LogP contribution is -2.55. The van der Waals surface area contributed by atoms with Crippen molar-refractivity contribution in [2.75, 3.05) is 91.4 Å². The van der Waals surface area contributed by atoms with Crippen LogP contribution >= 0.6 is 70.6 Å². The number of carbonyl (C=O) groups excluding carboxylic acids is 6. The standard InChI is InChI=1S/C30H51N3O9S3.C30H56O6S3/c1-22(2)19-43-16-7-25(34)40-13-10-31-28(37)32(11-14-41-26(35)8-17-44-20-23(3)4)30(39)33(29(31)38)12-15-42-27(36)9-18-45-21-24(5)6;1-11-30(18-34-27(31)12-24(8)37-15-21(2)3,19-35-28(32)13-25(9)38-16-22(4)5)20-36-29(33)14-26(10)39-17-23(6)7/h22-24H,7-21H2,1-6H3;21-26H,11-20H2,1-10H3. The van der Waals surface area contributed by atoms with E-state index >= 15 is 0 Å². The zero-order valence-electron chi connectivity index (χ0n) is 53.8. The van der Waals surface area contributed by atoms with Crippen molar-refractivity contribution >= 4 is 106 Å². The van der Waals surface area contributed by atoms with Crippen molar-refractivity contribution in [2.24, 2.45) is 40.9 Å². The van der Waals surface area contributed by atoms with Gasteiger partial charge >= 0.3 is 52.9 Å². The topological polar surface area (TPSA) is 224 Å². The van der Waals surface area contributed by atoms with Crippen LogP contribution in [0.2, 0.25) is 0 Å². The number of thioether (sulfide) groups is 6. The minimum Gasteiger partial charge on any atom is -0.465 e. The number of ether oxygens (including phenoxy) is 6. The van der Waals surface area contributed by atoms with E-state index in [1.807, 2.05) is 27.7 Å². The summed E-state index contributed by atoms with van der Waals surface area (Å²) in [6, 6.07) is 0. The average Bonchev–Trinajstić information content (AvgIpc) is 2.95. The fourth-order valence-corrected chi connectivity index (χ4v) is 12.7. The van der Waals surface area contributed by atoms with E-state index in [0.29, 0.717) is 78.4 Å². The first-order valence-electron chi connectivity index (χ1n) is 30.0. The largest absolute Gasteiger partial charge is 0.465 e. The first-order valence-corrected chi connectivity index (χ1v) is 36.6. The molecule has 0 saturated carbocycles. The molecular weight excluding hydrogens is 1200 g/mol. The van der Waals surface area contributed by atoms with E-state index < -0.39 is 40.4 Å². The Balaban J connectivity index is 0.00000166. The van der Waals surface area contributed by atoms with Crippen molar-refractivity contribution in [3.8, 4) is 0 Å². The lowest BCUT2D eigenvalue weighted by molar-refractivity contribution is -0.162. The quantitative estimate of drug-likeness (QED) is 0.0336. The van der Waals surface area contributed by atoms with Crippen molar-refractivity contribution in [3.63, 3.8) is 0 Å². The molecule has 0 saturated heterocycles. The summed E-state index contributed by atoms with van der Waals surface area (Å²) in [4.78, 5) is 114. The Hall–Kier alpha value is -2.67. The van der Waals surface area contributed by atoms with Crippen molar-refractivity contribution in [1.82, 2.24) is 13.7 Å². The van der Waals surface area contributed by atoms with Crippen molar-refractivity contribution in [2.45, 2.75) is 191 Å². The zero-order valence-corrected chi connectivity index (χ0v) is 58.7. The molecule has 0 bridgehead atoms. The molecule has 0 aliphatic heterocycles. The predicted octanol–water partition coefficient (Wildman–Crippen LogP) is 10.7. The van der Waals surface area contributed by atoms with Gasteiger partial charge in [-0.2, -0.15) is 70.6 Å². The fourth-order valence-electron chi connectivity index (χ4n) is 6.91. The number of nitrogens with zero attached hydrogens (tertiary/aromatic N) is 3. The third-order valence-corrected chi connectivity index (χ3v) is 20.7. The number of rotatable bonds is 46. The highest BCUT2D eigenvalue weighted by molar-refractivity contribution is 8.00. The van der Waals surface area contributed by atoms with Crippen LogP contribution in [0.4, 0.5) is 0 Å². The molecule has 488 valence electrons. The molecule has 1 rings (SSSR count). The molecule has 0 spiro atoms. The first kappa shape index (κ1) is 81.3. The van der Waals surface area contributed by atoms with Gasteiger partial charge in [0.2, 0.25) is 0 Å². The van der Waals surface area contributed by atoms with Crippen molar-refractivity contribution in [3.05, 3.63) is 31.5 Å². The van der Waals surface area contributed by atoms with Crippen LogP contribution in [0.15, 0.2) is 14.4 Å². The van der Waals surface area contributed by atoms with E-state index in [9.17, 15) is 43.2 Å². The average molecular weight is 1300 g/mol. The van der Waals surface area contributed by atoms with Gasteiger partial charge in [-0.05, 0) is 76.4 Å². The minimum atomic E-state index is -0.910. The van der Waals surface area contributed by atoms with Gasteiger partial charge in [-0.15, -0.1) is 0 Å². The van der Waals surface area contributed by atoms with Gasteiger partial charge in [0.05, 0.1) is 63.6 Å². The summed E-state index contributed by atoms with van der Waals surface area (Å²) in [5.74, 6) is 8.48. The molecule has 0 radical (unpaired) electrons. The Morgan fingerprint density at radius 3 is 0.821 bits per heavy atom. The molecule has 0 aliphatic rings. The van der Waals surface area contributed by atoms with E-state index in [1.54, 1.807) is 70.6 Å². The third kappa shape index (κ3) is 41.5. The highest BCUT2D eigenvalue weighted by Gasteiger charge is 2.35. The van der Waals surface area contributed by atoms with Crippen LogP contribution in [-0.2, 0) is 76.8 Å². The first-order chi connectivity index (χ1) is 39.5. The molecule has 1 aromatic heterocycles. The summed E-state index contributed by atoms with van der Waals surface area (Å²) >= 11 is 10.2. The lowest BCUT2D eigenvalue weighted by Gasteiger charge is -2.31. The Bertz CT molecular complexity index is 1950. The summed E-state index contributed by atoms with van der Waals surface area (Å²) in [6.07, 6.45) is 2.05. The summed E-state index contributed by atoms with van der Waals surface area (Å²) in [5.41, 5.74) is -3.51. The number of hydrogen-bond acceptors (Lipinski definition) is 21. The second-order valence-corrected chi connectivity index (χ2v) is 31.5.